The molecule has 2 aromatic rings. The third-order valence-electron chi connectivity index (χ3n) is 5.14. The van der Waals surface area contributed by atoms with E-state index in [9.17, 15) is 14.4 Å². The zero-order valence-electron chi connectivity index (χ0n) is 17.0. The van der Waals surface area contributed by atoms with Crippen molar-refractivity contribution in [2.45, 2.75) is 27.3 Å². The van der Waals surface area contributed by atoms with E-state index in [4.69, 9.17) is 0 Å². The molecule has 1 unspecified atom stereocenters. The van der Waals surface area contributed by atoms with Gasteiger partial charge in [-0.15, -0.1) is 0 Å². The van der Waals surface area contributed by atoms with Gasteiger partial charge >= 0.3 is 0 Å². The number of allylic oxidation sites excluding steroid dienone is 3. The largest absolute Gasteiger partial charge is 0.325 e. The number of carbonyl (C=O) groups excluding carboxylic acids is 2. The number of hydrogen-bond acceptors (Lipinski definition) is 4. The summed E-state index contributed by atoms with van der Waals surface area (Å²) in [4.78, 5) is 45.4. The van der Waals surface area contributed by atoms with Crippen LogP contribution in [0.1, 0.15) is 20.8 Å². The molecule has 0 saturated heterocycles. The highest BCUT2D eigenvalue weighted by atomic mass is 16.2. The Balaban J connectivity index is 1.58. The maximum Gasteiger partial charge on any atom is 0.266 e. The first-order chi connectivity index (χ1) is 14.2. The molecule has 30 heavy (non-hydrogen) atoms. The van der Waals surface area contributed by atoms with Gasteiger partial charge in [0, 0.05) is 17.7 Å². The molecule has 7 heteroatoms. The van der Waals surface area contributed by atoms with Crippen LogP contribution in [0.4, 0.5) is 0 Å². The number of carbonyl (C=O) groups is 2. The second kappa shape index (κ2) is 7.33. The average molecular weight is 402 g/mol. The number of amides is 2. The van der Waals surface area contributed by atoms with Crippen molar-refractivity contribution in [3.63, 3.8) is 0 Å². The molecule has 2 heterocycles. The Morgan fingerprint density at radius 2 is 1.97 bits per heavy atom. The fraction of sp³-hybridized carbons (Fsp3) is 0.261. The van der Waals surface area contributed by atoms with E-state index in [-0.39, 0.29) is 29.3 Å². The zero-order valence-corrected chi connectivity index (χ0v) is 17.0. The van der Waals surface area contributed by atoms with Gasteiger partial charge in [0.1, 0.15) is 6.54 Å². The number of fused-ring (bicyclic) bond motifs is 2. The van der Waals surface area contributed by atoms with E-state index in [1.54, 1.807) is 42.5 Å². The van der Waals surface area contributed by atoms with Gasteiger partial charge in [0.05, 0.1) is 22.9 Å². The average Bonchev–Trinajstić information content (AvgIpc) is 2.68. The summed E-state index contributed by atoms with van der Waals surface area (Å²) in [6.07, 6.45) is 8.40. The van der Waals surface area contributed by atoms with Crippen molar-refractivity contribution in [1.29, 1.82) is 0 Å². The number of nitrogens with zero attached hydrogens (tertiary/aromatic N) is 3. The minimum Gasteiger partial charge on any atom is -0.325 e. The molecule has 1 N–H and O–H groups in total. The van der Waals surface area contributed by atoms with Crippen LogP contribution in [0.5, 0.6) is 0 Å². The lowest BCUT2D eigenvalue weighted by atomic mass is 9.74. The van der Waals surface area contributed by atoms with Gasteiger partial charge < -0.3 is 5.32 Å². The minimum absolute atomic E-state index is 0.0518. The van der Waals surface area contributed by atoms with Crippen molar-refractivity contribution in [2.24, 2.45) is 16.3 Å². The third-order valence-corrected chi connectivity index (χ3v) is 5.14. The van der Waals surface area contributed by atoms with Crippen molar-refractivity contribution in [3.05, 3.63) is 76.5 Å². The summed E-state index contributed by atoms with van der Waals surface area (Å²) in [5.74, 6) is -0.709. The molecule has 2 amide bonds. The fourth-order valence-electron chi connectivity index (χ4n) is 3.69. The van der Waals surface area contributed by atoms with Crippen LogP contribution in [-0.2, 0) is 16.1 Å². The molecular weight excluding hydrogens is 380 g/mol. The van der Waals surface area contributed by atoms with Crippen molar-refractivity contribution >= 4 is 28.4 Å². The van der Waals surface area contributed by atoms with Crippen molar-refractivity contribution in [2.75, 3.05) is 0 Å². The molecule has 152 valence electrons. The first-order valence-electron chi connectivity index (χ1n) is 9.71. The summed E-state index contributed by atoms with van der Waals surface area (Å²) < 4.78 is 1.25. The van der Waals surface area contributed by atoms with Gasteiger partial charge in [0.25, 0.3) is 11.5 Å². The predicted molar refractivity (Wildman–Crippen MR) is 115 cm³/mol. The Kier molecular flexibility index (Phi) is 4.81. The number of rotatable bonds is 2. The van der Waals surface area contributed by atoms with Crippen LogP contribution in [0.3, 0.4) is 0 Å². The zero-order chi connectivity index (χ0) is 21.5. The van der Waals surface area contributed by atoms with Crippen LogP contribution in [-0.4, -0.2) is 27.1 Å². The van der Waals surface area contributed by atoms with Gasteiger partial charge in [0.15, 0.2) is 0 Å². The van der Waals surface area contributed by atoms with Crippen LogP contribution < -0.4 is 10.9 Å². The quantitative estimate of drug-likeness (QED) is 0.835. The Morgan fingerprint density at radius 1 is 1.20 bits per heavy atom. The molecule has 0 radical (unpaired) electrons. The molecule has 1 aliphatic heterocycles. The van der Waals surface area contributed by atoms with Gasteiger partial charge in [-0.05, 0) is 35.3 Å². The van der Waals surface area contributed by atoms with Gasteiger partial charge in [-0.25, -0.2) is 9.98 Å². The highest BCUT2D eigenvalue weighted by Gasteiger charge is 2.32. The van der Waals surface area contributed by atoms with E-state index in [1.165, 1.54) is 10.9 Å². The first-order valence-corrected chi connectivity index (χ1v) is 9.71. The molecule has 0 saturated carbocycles. The van der Waals surface area contributed by atoms with Gasteiger partial charge in [0.2, 0.25) is 5.91 Å². The van der Waals surface area contributed by atoms with Gasteiger partial charge in [-0.2, -0.15) is 0 Å². The maximum atomic E-state index is 12.6. The van der Waals surface area contributed by atoms with E-state index in [0.717, 1.165) is 5.57 Å². The summed E-state index contributed by atoms with van der Waals surface area (Å²) >= 11 is 0. The standard InChI is InChI=1S/C23H22N4O3/c1-23(2,3)17-11-20(28)26-19-10-14(8-9-15(17)19)25-21(29)12-27-13-24-18-7-5-4-6-16(18)22(27)30/h4-11,13,15H,12H2,1-3H3,(H,26,28). The number of aliphatic imine (C=N–C) groups is 1. The molecule has 2 aliphatic rings. The van der Waals surface area contributed by atoms with Crippen LogP contribution in [0, 0.1) is 11.3 Å². The second-order valence-electron chi connectivity index (χ2n) is 8.40. The third kappa shape index (κ3) is 3.78. The highest BCUT2D eigenvalue weighted by Crippen LogP contribution is 2.38. The number of hydrogen-bond donors (Lipinski definition) is 1. The highest BCUT2D eigenvalue weighted by molar-refractivity contribution is 6.11. The molecule has 4 rings (SSSR count). The molecule has 1 aromatic carbocycles. The van der Waals surface area contributed by atoms with E-state index < -0.39 is 5.91 Å². The number of benzene rings is 1. The Morgan fingerprint density at radius 3 is 2.73 bits per heavy atom. The van der Waals surface area contributed by atoms with E-state index in [0.29, 0.717) is 22.3 Å². The second-order valence-corrected chi connectivity index (χ2v) is 8.40. The maximum absolute atomic E-state index is 12.6. The molecule has 1 aliphatic carbocycles. The van der Waals surface area contributed by atoms with Gasteiger partial charge in [-0.3, -0.25) is 19.0 Å². The van der Waals surface area contributed by atoms with Crippen LogP contribution in [0.25, 0.3) is 10.9 Å². The Bertz CT molecular complexity index is 1240. The predicted octanol–water partition coefficient (Wildman–Crippen LogP) is 2.54. The summed E-state index contributed by atoms with van der Waals surface area (Å²) in [6.45, 7) is 5.97. The summed E-state index contributed by atoms with van der Waals surface area (Å²) in [7, 11) is 0. The molecule has 7 nitrogen and oxygen atoms in total. The van der Waals surface area contributed by atoms with Crippen molar-refractivity contribution in [1.82, 2.24) is 14.9 Å². The number of aromatic nitrogens is 2. The van der Waals surface area contributed by atoms with Crippen molar-refractivity contribution in [3.8, 4) is 0 Å². The molecule has 1 aromatic heterocycles. The van der Waals surface area contributed by atoms with Crippen LogP contribution in [0.15, 0.2) is 76.0 Å². The van der Waals surface area contributed by atoms with Crippen LogP contribution >= 0.6 is 0 Å². The number of para-hydroxylation sites is 1. The molecular formula is C23H22N4O3. The molecule has 0 bridgehead atoms. The summed E-state index contributed by atoms with van der Waals surface area (Å²) in [6, 6.07) is 6.98. The normalized spacial score (nSPS) is 19.9. The van der Waals surface area contributed by atoms with E-state index in [2.05, 4.69) is 36.1 Å². The summed E-state index contributed by atoms with van der Waals surface area (Å²) in [5, 5.41) is 3.29. The molecule has 0 fully saturated rings. The molecule has 0 spiro atoms. The number of nitrogens with one attached hydrogen (secondary N) is 1. The van der Waals surface area contributed by atoms with E-state index in [1.807, 2.05) is 6.08 Å². The van der Waals surface area contributed by atoms with Gasteiger partial charge in [-0.1, -0.05) is 39.0 Å². The SMILES string of the molecule is CC(C)(C)C1=CC(=O)NC2=CC(=NC(=O)Cn3cnc4ccccc4c3=O)C=CC21. The fourth-order valence-corrected chi connectivity index (χ4v) is 3.69. The Hall–Kier alpha value is -3.61. The molecule has 1 atom stereocenters. The Labute approximate surface area is 173 Å². The lowest BCUT2D eigenvalue weighted by Crippen LogP contribution is -2.36. The first kappa shape index (κ1) is 19.7. The monoisotopic (exact) mass is 402 g/mol. The summed E-state index contributed by atoms with van der Waals surface area (Å²) in [5.41, 5.74) is 2.27. The minimum atomic E-state index is -0.474. The van der Waals surface area contributed by atoms with Crippen molar-refractivity contribution < 1.29 is 9.59 Å². The van der Waals surface area contributed by atoms with E-state index >= 15 is 0 Å². The smallest absolute Gasteiger partial charge is 0.266 e. The topological polar surface area (TPSA) is 93.4 Å². The lowest BCUT2D eigenvalue weighted by Gasteiger charge is -2.34. The van der Waals surface area contributed by atoms with Crippen LogP contribution in [0.2, 0.25) is 0 Å². The lowest BCUT2D eigenvalue weighted by molar-refractivity contribution is -0.118.